The fraction of sp³-hybridized carbons (Fsp3) is 0.333. The van der Waals surface area contributed by atoms with Gasteiger partial charge in [0.2, 0.25) is 0 Å². The van der Waals surface area contributed by atoms with Crippen molar-refractivity contribution < 1.29 is 31.2 Å². The number of aryl methyl sites for hydroxylation is 1. The third-order valence-electron chi connectivity index (χ3n) is 5.69. The first-order valence-corrected chi connectivity index (χ1v) is 12.8. The molecule has 182 valence electrons. The molecule has 2 aromatic rings. The van der Waals surface area contributed by atoms with E-state index in [1.54, 1.807) is 6.92 Å². The zero-order valence-electron chi connectivity index (χ0n) is 17.3. The minimum Gasteiger partial charge on any atom is -0.374 e. The summed E-state index contributed by atoms with van der Waals surface area (Å²) in [4.78, 5) is 17.5. The molecule has 1 fully saturated rings. The van der Waals surface area contributed by atoms with Gasteiger partial charge in [-0.1, -0.05) is 46.0 Å². The molecular formula is C21H16Cl3F3N2O4S. The summed E-state index contributed by atoms with van der Waals surface area (Å²) >= 11 is 17.8. The van der Waals surface area contributed by atoms with Crippen molar-refractivity contribution in [3.8, 4) is 0 Å². The molecule has 0 bridgehead atoms. The van der Waals surface area contributed by atoms with Crippen LogP contribution in [0.2, 0.25) is 15.1 Å². The summed E-state index contributed by atoms with van der Waals surface area (Å²) in [5, 5.41) is 5.94. The van der Waals surface area contributed by atoms with Crippen molar-refractivity contribution in [2.75, 3.05) is 11.5 Å². The van der Waals surface area contributed by atoms with E-state index >= 15 is 0 Å². The second-order valence-electron chi connectivity index (χ2n) is 8.16. The van der Waals surface area contributed by atoms with E-state index in [1.165, 1.54) is 18.2 Å². The number of sulfone groups is 1. The lowest BCUT2D eigenvalue weighted by molar-refractivity contribution is -0.275. The van der Waals surface area contributed by atoms with Crippen molar-refractivity contribution in [1.29, 1.82) is 0 Å². The van der Waals surface area contributed by atoms with Gasteiger partial charge in [-0.3, -0.25) is 4.79 Å². The highest BCUT2D eigenvalue weighted by Crippen LogP contribution is 2.50. The largest absolute Gasteiger partial charge is 0.435 e. The fourth-order valence-electron chi connectivity index (χ4n) is 3.86. The molecular weight excluding hydrogens is 540 g/mol. The lowest BCUT2D eigenvalue weighted by Gasteiger charge is -2.30. The van der Waals surface area contributed by atoms with E-state index in [1.807, 2.05) is 0 Å². The molecule has 0 unspecified atom stereocenters. The zero-order chi connectivity index (χ0) is 25.1. The van der Waals surface area contributed by atoms with Gasteiger partial charge in [-0.25, -0.2) is 8.42 Å². The molecule has 1 amide bonds. The first-order valence-electron chi connectivity index (χ1n) is 9.81. The first kappa shape index (κ1) is 25.1. The number of benzene rings is 2. The lowest BCUT2D eigenvalue weighted by atomic mass is 9.86. The molecule has 1 saturated heterocycles. The maximum atomic E-state index is 14.2. The molecule has 0 spiro atoms. The van der Waals surface area contributed by atoms with Gasteiger partial charge in [-0.05, 0) is 42.3 Å². The number of hydrogen-bond donors (Lipinski definition) is 1. The second-order valence-corrected chi connectivity index (χ2v) is 11.5. The van der Waals surface area contributed by atoms with Gasteiger partial charge in [0, 0.05) is 17.5 Å². The molecule has 2 aliphatic heterocycles. The highest BCUT2D eigenvalue weighted by molar-refractivity contribution is 7.92. The molecule has 6 nitrogen and oxygen atoms in total. The van der Waals surface area contributed by atoms with Crippen molar-refractivity contribution >= 4 is 56.3 Å². The van der Waals surface area contributed by atoms with E-state index in [2.05, 4.69) is 10.5 Å². The van der Waals surface area contributed by atoms with Gasteiger partial charge in [-0.15, -0.1) is 0 Å². The van der Waals surface area contributed by atoms with E-state index in [0.717, 1.165) is 12.1 Å². The maximum Gasteiger partial charge on any atom is 0.435 e. The number of halogens is 6. The Morgan fingerprint density at radius 1 is 1.15 bits per heavy atom. The third kappa shape index (κ3) is 4.48. The van der Waals surface area contributed by atoms with Crippen LogP contribution >= 0.6 is 34.8 Å². The van der Waals surface area contributed by atoms with Crippen LogP contribution < -0.4 is 5.32 Å². The van der Waals surface area contributed by atoms with Gasteiger partial charge in [0.05, 0.1) is 38.3 Å². The number of oxime groups is 1. The van der Waals surface area contributed by atoms with Crippen molar-refractivity contribution in [2.24, 2.45) is 5.16 Å². The second kappa shape index (κ2) is 8.58. The fourth-order valence-corrected chi connectivity index (χ4v) is 5.75. The Kier molecular flexibility index (Phi) is 6.33. The van der Waals surface area contributed by atoms with Crippen LogP contribution in [0.4, 0.5) is 13.2 Å². The smallest absolute Gasteiger partial charge is 0.374 e. The minimum atomic E-state index is -4.86. The number of carbonyl (C=O) groups excluding carboxylic acids is 1. The van der Waals surface area contributed by atoms with Crippen molar-refractivity contribution in [3.63, 3.8) is 0 Å². The Balaban J connectivity index is 1.59. The molecule has 34 heavy (non-hydrogen) atoms. The summed E-state index contributed by atoms with van der Waals surface area (Å²) < 4.78 is 65.2. The van der Waals surface area contributed by atoms with Crippen LogP contribution in [0.15, 0.2) is 35.5 Å². The van der Waals surface area contributed by atoms with E-state index in [4.69, 9.17) is 39.6 Å². The molecule has 4 rings (SSSR count). The van der Waals surface area contributed by atoms with Gasteiger partial charge < -0.3 is 10.2 Å². The Morgan fingerprint density at radius 2 is 1.76 bits per heavy atom. The van der Waals surface area contributed by atoms with Crippen LogP contribution in [0.1, 0.15) is 33.5 Å². The van der Waals surface area contributed by atoms with Crippen LogP contribution in [-0.2, 0) is 20.3 Å². The standard InChI is InChI=1S/C21H16Cl3F3N2O4S/c1-10-4-11(2-3-14(10)19(30)28-13-8-34(31,32)9-13)17-7-20(33-29-17,21(25,26)27)12-5-15(22)18(24)16(23)6-12/h2-6,13H,7-9H2,1H3,(H,28,30)/t20-/m0/s1. The average Bonchev–Trinajstić information content (AvgIpc) is 3.17. The normalized spacial score (nSPS) is 22.0. The third-order valence-corrected chi connectivity index (χ3v) is 8.70. The molecule has 0 radical (unpaired) electrons. The van der Waals surface area contributed by atoms with E-state index in [9.17, 15) is 26.4 Å². The Bertz CT molecular complexity index is 1300. The van der Waals surface area contributed by atoms with Gasteiger partial charge in [0.25, 0.3) is 11.5 Å². The van der Waals surface area contributed by atoms with Gasteiger partial charge in [0.1, 0.15) is 0 Å². The van der Waals surface area contributed by atoms with Crippen molar-refractivity contribution in [2.45, 2.75) is 31.2 Å². The highest BCUT2D eigenvalue weighted by atomic mass is 35.5. The summed E-state index contributed by atoms with van der Waals surface area (Å²) in [7, 11) is -3.10. The number of nitrogens with zero attached hydrogens (tertiary/aromatic N) is 1. The number of amides is 1. The Morgan fingerprint density at radius 3 is 2.29 bits per heavy atom. The number of alkyl halides is 3. The summed E-state index contributed by atoms with van der Waals surface area (Å²) in [6, 6.07) is 6.04. The number of hydrogen-bond acceptors (Lipinski definition) is 5. The van der Waals surface area contributed by atoms with E-state index in [-0.39, 0.29) is 43.4 Å². The van der Waals surface area contributed by atoms with Crippen molar-refractivity contribution in [3.05, 3.63) is 67.7 Å². The van der Waals surface area contributed by atoms with Crippen LogP contribution in [0.3, 0.4) is 0 Å². The molecule has 0 aliphatic carbocycles. The molecule has 0 saturated carbocycles. The average molecular weight is 556 g/mol. The number of nitrogens with one attached hydrogen (secondary N) is 1. The Hall–Kier alpha value is -2.01. The SMILES string of the molecule is Cc1cc(C2=NO[C@@](c3cc(Cl)c(Cl)c(Cl)c3)(C(F)(F)F)C2)ccc1C(=O)NC1CS(=O)(=O)C1. The van der Waals surface area contributed by atoms with Crippen LogP contribution in [-0.4, -0.2) is 43.8 Å². The van der Waals surface area contributed by atoms with Gasteiger partial charge >= 0.3 is 6.18 Å². The number of rotatable bonds is 4. The molecule has 1 N–H and O–H groups in total. The van der Waals surface area contributed by atoms with E-state index in [0.29, 0.717) is 11.1 Å². The maximum absolute atomic E-state index is 14.2. The summed E-state index contributed by atoms with van der Waals surface area (Å²) in [5.74, 6) is -0.714. The van der Waals surface area contributed by atoms with Crippen LogP contribution in [0, 0.1) is 6.92 Å². The van der Waals surface area contributed by atoms with Crippen molar-refractivity contribution in [1.82, 2.24) is 5.32 Å². The molecule has 0 aromatic heterocycles. The minimum absolute atomic E-state index is 0.0136. The predicted molar refractivity (Wildman–Crippen MR) is 123 cm³/mol. The molecule has 2 heterocycles. The highest BCUT2D eigenvalue weighted by Gasteiger charge is 2.62. The number of carbonyl (C=O) groups is 1. The quantitative estimate of drug-likeness (QED) is 0.534. The van der Waals surface area contributed by atoms with Crippen LogP contribution in [0.5, 0.6) is 0 Å². The monoisotopic (exact) mass is 554 g/mol. The first-order chi connectivity index (χ1) is 15.7. The molecule has 2 aliphatic rings. The van der Waals surface area contributed by atoms with Crippen LogP contribution in [0.25, 0.3) is 0 Å². The summed E-state index contributed by atoms with van der Waals surface area (Å²) in [5.41, 5.74) is -2.08. The van der Waals surface area contributed by atoms with Gasteiger partial charge in [0.15, 0.2) is 9.84 Å². The topological polar surface area (TPSA) is 84.8 Å². The summed E-state index contributed by atoms with van der Waals surface area (Å²) in [6.07, 6.45) is -5.52. The zero-order valence-corrected chi connectivity index (χ0v) is 20.4. The Labute approximate surface area is 207 Å². The predicted octanol–water partition coefficient (Wildman–Crippen LogP) is 5.06. The van der Waals surface area contributed by atoms with Gasteiger partial charge in [-0.2, -0.15) is 13.2 Å². The summed E-state index contributed by atoms with van der Waals surface area (Å²) in [6.45, 7) is 1.61. The lowest BCUT2D eigenvalue weighted by Crippen LogP contribution is -2.53. The molecule has 13 heteroatoms. The molecule has 2 aromatic carbocycles. The molecule has 1 atom stereocenters. The van der Waals surface area contributed by atoms with E-state index < -0.39 is 40.0 Å².